The molecule has 0 radical (unpaired) electrons. The number of hydrogen-bond donors (Lipinski definition) is 1. The van der Waals surface area contributed by atoms with Gasteiger partial charge in [-0.1, -0.05) is 36.8 Å². The molecule has 2 atom stereocenters. The zero-order valence-electron chi connectivity index (χ0n) is 9.93. The average molecular weight is 222 g/mol. The van der Waals surface area contributed by atoms with Gasteiger partial charge in [-0.05, 0) is 18.9 Å². The van der Waals surface area contributed by atoms with Crippen molar-refractivity contribution in [2.75, 3.05) is 7.11 Å². The molecule has 0 aliphatic rings. The van der Waals surface area contributed by atoms with Gasteiger partial charge in [-0.25, -0.2) is 0 Å². The number of carbonyl (C=O) groups excluding carboxylic acids is 1. The molecule has 16 heavy (non-hydrogen) atoms. The lowest BCUT2D eigenvalue weighted by atomic mass is 9.97. The van der Waals surface area contributed by atoms with Crippen molar-refractivity contribution in [1.29, 1.82) is 0 Å². The van der Waals surface area contributed by atoms with Crippen LogP contribution in [0.3, 0.4) is 0 Å². The van der Waals surface area contributed by atoms with E-state index in [1.54, 1.807) is 6.92 Å². The number of methoxy groups -OCH3 is 1. The van der Waals surface area contributed by atoms with E-state index in [1.165, 1.54) is 7.11 Å². The number of benzene rings is 1. The maximum absolute atomic E-state index is 11.2. The molecule has 1 aromatic rings. The van der Waals surface area contributed by atoms with Crippen LogP contribution < -0.4 is 0 Å². The third kappa shape index (κ3) is 3.35. The Morgan fingerprint density at radius 2 is 2.19 bits per heavy atom. The zero-order valence-corrected chi connectivity index (χ0v) is 9.93. The zero-order chi connectivity index (χ0) is 12.1. The van der Waals surface area contributed by atoms with Gasteiger partial charge in [0, 0.05) is 0 Å². The molecule has 0 fully saturated rings. The van der Waals surface area contributed by atoms with Crippen molar-refractivity contribution >= 4 is 5.97 Å². The van der Waals surface area contributed by atoms with Crippen LogP contribution in [0.2, 0.25) is 0 Å². The highest BCUT2D eigenvalue weighted by molar-refractivity contribution is 5.71. The summed E-state index contributed by atoms with van der Waals surface area (Å²) in [6.45, 7) is 3.73. The number of ether oxygens (including phenoxy) is 1. The van der Waals surface area contributed by atoms with Crippen molar-refractivity contribution in [2.45, 2.75) is 26.4 Å². The molecule has 0 spiro atoms. The molecule has 88 valence electrons. The minimum atomic E-state index is -0.617. The standard InChI is InChI=1S/C13H18O3/c1-9-5-4-6-11(7-9)12(14)8-10(2)13(15)16-3/h4-7,10,12,14H,8H2,1-3H3. The number of aliphatic hydroxyl groups is 1. The normalized spacial score (nSPS) is 14.2. The first kappa shape index (κ1) is 12.7. The molecule has 0 aliphatic heterocycles. The van der Waals surface area contributed by atoms with Crippen LogP contribution in [0.5, 0.6) is 0 Å². The van der Waals surface area contributed by atoms with Crippen LogP contribution in [0.15, 0.2) is 24.3 Å². The molecule has 1 rings (SSSR count). The van der Waals surface area contributed by atoms with Gasteiger partial charge in [0.15, 0.2) is 0 Å². The van der Waals surface area contributed by atoms with E-state index >= 15 is 0 Å². The number of aryl methyl sites for hydroxylation is 1. The van der Waals surface area contributed by atoms with Gasteiger partial charge < -0.3 is 9.84 Å². The number of hydrogen-bond acceptors (Lipinski definition) is 3. The summed E-state index contributed by atoms with van der Waals surface area (Å²) in [6, 6.07) is 7.66. The Bertz CT molecular complexity index is 360. The Labute approximate surface area is 96.1 Å². The van der Waals surface area contributed by atoms with E-state index in [0.29, 0.717) is 6.42 Å². The lowest BCUT2D eigenvalue weighted by Crippen LogP contribution is -2.16. The summed E-state index contributed by atoms with van der Waals surface area (Å²) in [4.78, 5) is 11.2. The van der Waals surface area contributed by atoms with Crippen molar-refractivity contribution in [3.05, 3.63) is 35.4 Å². The highest BCUT2D eigenvalue weighted by Gasteiger charge is 2.18. The second kappa shape index (κ2) is 5.66. The van der Waals surface area contributed by atoms with Gasteiger partial charge >= 0.3 is 5.97 Å². The number of esters is 1. The number of aliphatic hydroxyl groups excluding tert-OH is 1. The summed E-state index contributed by atoms with van der Waals surface area (Å²) < 4.78 is 4.62. The first-order chi connectivity index (χ1) is 7.54. The van der Waals surface area contributed by atoms with Crippen LogP contribution in [-0.4, -0.2) is 18.2 Å². The largest absolute Gasteiger partial charge is 0.469 e. The molecular formula is C13H18O3. The minimum absolute atomic E-state index is 0.285. The Kier molecular flexibility index (Phi) is 4.50. The monoisotopic (exact) mass is 222 g/mol. The van der Waals surface area contributed by atoms with Gasteiger partial charge in [0.1, 0.15) is 0 Å². The van der Waals surface area contributed by atoms with Gasteiger partial charge in [-0.15, -0.1) is 0 Å². The van der Waals surface area contributed by atoms with E-state index in [-0.39, 0.29) is 11.9 Å². The Morgan fingerprint density at radius 3 is 2.75 bits per heavy atom. The van der Waals surface area contributed by atoms with Crippen LogP contribution in [0.25, 0.3) is 0 Å². The third-order valence-corrected chi connectivity index (χ3v) is 2.61. The molecule has 3 nitrogen and oxygen atoms in total. The lowest BCUT2D eigenvalue weighted by Gasteiger charge is -2.15. The van der Waals surface area contributed by atoms with Crippen LogP contribution in [0.4, 0.5) is 0 Å². The molecule has 2 unspecified atom stereocenters. The minimum Gasteiger partial charge on any atom is -0.469 e. The van der Waals surface area contributed by atoms with E-state index in [9.17, 15) is 9.90 Å². The van der Waals surface area contributed by atoms with Gasteiger partial charge in [-0.3, -0.25) is 4.79 Å². The smallest absolute Gasteiger partial charge is 0.308 e. The first-order valence-electron chi connectivity index (χ1n) is 5.37. The predicted octanol–water partition coefficient (Wildman–Crippen LogP) is 2.23. The van der Waals surface area contributed by atoms with E-state index < -0.39 is 6.10 Å². The number of rotatable bonds is 4. The molecule has 0 saturated heterocycles. The molecule has 1 N–H and O–H groups in total. The Hall–Kier alpha value is -1.35. The summed E-state index contributed by atoms with van der Waals surface area (Å²) in [5.74, 6) is -0.577. The van der Waals surface area contributed by atoms with Crippen LogP contribution in [0.1, 0.15) is 30.6 Å². The van der Waals surface area contributed by atoms with Gasteiger partial charge in [0.25, 0.3) is 0 Å². The maximum atomic E-state index is 11.2. The van der Waals surface area contributed by atoms with E-state index in [1.807, 2.05) is 31.2 Å². The van der Waals surface area contributed by atoms with Crippen molar-refractivity contribution in [1.82, 2.24) is 0 Å². The maximum Gasteiger partial charge on any atom is 0.308 e. The van der Waals surface area contributed by atoms with Crippen molar-refractivity contribution in [3.8, 4) is 0 Å². The fraction of sp³-hybridized carbons (Fsp3) is 0.462. The fourth-order valence-electron chi connectivity index (χ4n) is 1.65. The van der Waals surface area contributed by atoms with Crippen LogP contribution in [-0.2, 0) is 9.53 Å². The summed E-state index contributed by atoms with van der Waals surface area (Å²) in [7, 11) is 1.36. The van der Waals surface area contributed by atoms with Gasteiger partial charge in [-0.2, -0.15) is 0 Å². The van der Waals surface area contributed by atoms with E-state index in [0.717, 1.165) is 11.1 Å². The third-order valence-electron chi connectivity index (χ3n) is 2.61. The first-order valence-corrected chi connectivity index (χ1v) is 5.37. The number of carbonyl (C=O) groups is 1. The van der Waals surface area contributed by atoms with Crippen molar-refractivity contribution in [3.63, 3.8) is 0 Å². The van der Waals surface area contributed by atoms with Crippen LogP contribution >= 0.6 is 0 Å². The average Bonchev–Trinajstić information content (AvgIpc) is 2.27. The highest BCUT2D eigenvalue weighted by Crippen LogP contribution is 2.22. The van der Waals surface area contributed by atoms with E-state index in [4.69, 9.17) is 0 Å². The van der Waals surface area contributed by atoms with Gasteiger partial charge in [0.2, 0.25) is 0 Å². The molecule has 0 aliphatic carbocycles. The van der Waals surface area contributed by atoms with Crippen molar-refractivity contribution in [2.24, 2.45) is 5.92 Å². The summed E-state index contributed by atoms with van der Waals surface area (Å²) in [6.07, 6.45) is -0.232. The highest BCUT2D eigenvalue weighted by atomic mass is 16.5. The Balaban J connectivity index is 2.65. The second-order valence-corrected chi connectivity index (χ2v) is 4.09. The summed E-state index contributed by atoms with van der Waals surface area (Å²) >= 11 is 0. The van der Waals surface area contributed by atoms with E-state index in [2.05, 4.69) is 4.74 Å². The summed E-state index contributed by atoms with van der Waals surface area (Å²) in [5.41, 5.74) is 1.94. The lowest BCUT2D eigenvalue weighted by molar-refractivity contribution is -0.145. The molecule has 0 saturated carbocycles. The molecule has 1 aromatic carbocycles. The molecule has 3 heteroatoms. The topological polar surface area (TPSA) is 46.5 Å². The summed E-state index contributed by atoms with van der Waals surface area (Å²) in [5, 5.41) is 9.95. The Morgan fingerprint density at radius 1 is 1.50 bits per heavy atom. The van der Waals surface area contributed by atoms with Crippen LogP contribution in [0, 0.1) is 12.8 Å². The quantitative estimate of drug-likeness (QED) is 0.795. The molecular weight excluding hydrogens is 204 g/mol. The molecule has 0 aromatic heterocycles. The van der Waals surface area contributed by atoms with Crippen molar-refractivity contribution < 1.29 is 14.6 Å². The van der Waals surface area contributed by atoms with Gasteiger partial charge in [0.05, 0.1) is 19.1 Å². The molecule has 0 bridgehead atoms. The molecule has 0 amide bonds. The second-order valence-electron chi connectivity index (χ2n) is 4.09. The fourth-order valence-corrected chi connectivity index (χ4v) is 1.65. The molecule has 0 heterocycles. The predicted molar refractivity (Wildman–Crippen MR) is 61.9 cm³/mol. The SMILES string of the molecule is COC(=O)C(C)CC(O)c1cccc(C)c1.